The van der Waals surface area contributed by atoms with Crippen molar-refractivity contribution in [1.82, 2.24) is 0 Å². The topological polar surface area (TPSA) is 21.3 Å². The minimum Gasteiger partial charge on any atom is -0.496 e. The molecule has 0 aliphatic rings. The van der Waals surface area contributed by atoms with E-state index in [1.165, 1.54) is 22.4 Å². The van der Waals surface area contributed by atoms with Gasteiger partial charge in [0.05, 0.1) is 11.6 Å². The summed E-state index contributed by atoms with van der Waals surface area (Å²) < 4.78 is 6.21. The highest BCUT2D eigenvalue weighted by Gasteiger charge is 2.02. The zero-order chi connectivity index (χ0) is 13.8. The van der Waals surface area contributed by atoms with Crippen molar-refractivity contribution >= 4 is 21.6 Å². The number of rotatable bonds is 4. The van der Waals surface area contributed by atoms with E-state index in [9.17, 15) is 0 Å². The van der Waals surface area contributed by atoms with Gasteiger partial charge in [-0.25, -0.2) is 0 Å². The average Bonchev–Trinajstić information content (AvgIpc) is 2.38. The standard InChI is InChI=1S/C16H18BrNO/c1-11-4-6-15(12(2)8-11)18-10-13-5-7-16(19-3)14(17)9-13/h4-9,18H,10H2,1-3H3. The molecule has 0 heterocycles. The number of hydrogen-bond donors (Lipinski definition) is 1. The molecule has 0 aromatic heterocycles. The Bertz CT molecular complexity index is 581. The van der Waals surface area contributed by atoms with Crippen molar-refractivity contribution < 1.29 is 4.74 Å². The third-order valence-corrected chi connectivity index (χ3v) is 3.70. The minimum absolute atomic E-state index is 0.798. The molecule has 0 amide bonds. The van der Waals surface area contributed by atoms with E-state index in [0.29, 0.717) is 0 Å². The minimum atomic E-state index is 0.798. The van der Waals surface area contributed by atoms with Crippen molar-refractivity contribution in [3.63, 3.8) is 0 Å². The van der Waals surface area contributed by atoms with Crippen LogP contribution >= 0.6 is 15.9 Å². The lowest BCUT2D eigenvalue weighted by Crippen LogP contribution is -2.01. The van der Waals surface area contributed by atoms with Gasteiger partial charge in [-0.3, -0.25) is 0 Å². The summed E-state index contributed by atoms with van der Waals surface area (Å²) >= 11 is 3.50. The third kappa shape index (κ3) is 3.51. The Morgan fingerprint density at radius 2 is 1.89 bits per heavy atom. The molecule has 1 N–H and O–H groups in total. The van der Waals surface area contributed by atoms with Gasteiger partial charge in [-0.2, -0.15) is 0 Å². The van der Waals surface area contributed by atoms with Crippen molar-refractivity contribution in [3.05, 3.63) is 57.6 Å². The molecule has 0 radical (unpaired) electrons. The van der Waals surface area contributed by atoms with E-state index in [1.807, 2.05) is 6.07 Å². The van der Waals surface area contributed by atoms with Gasteiger partial charge in [0.15, 0.2) is 0 Å². The molecule has 19 heavy (non-hydrogen) atoms. The summed E-state index contributed by atoms with van der Waals surface area (Å²) in [4.78, 5) is 0. The zero-order valence-electron chi connectivity index (χ0n) is 11.5. The van der Waals surface area contributed by atoms with Gasteiger partial charge in [-0.1, -0.05) is 23.8 Å². The fourth-order valence-corrected chi connectivity index (χ4v) is 2.62. The van der Waals surface area contributed by atoms with Crippen molar-refractivity contribution in [3.8, 4) is 5.75 Å². The molecule has 0 unspecified atom stereocenters. The average molecular weight is 320 g/mol. The van der Waals surface area contributed by atoms with Crippen molar-refractivity contribution in [1.29, 1.82) is 0 Å². The summed E-state index contributed by atoms with van der Waals surface area (Å²) in [7, 11) is 1.67. The van der Waals surface area contributed by atoms with Crippen LogP contribution in [0.25, 0.3) is 0 Å². The van der Waals surface area contributed by atoms with Crippen LogP contribution in [-0.2, 0) is 6.54 Å². The van der Waals surface area contributed by atoms with Crippen LogP contribution in [0.4, 0.5) is 5.69 Å². The van der Waals surface area contributed by atoms with Gasteiger partial charge >= 0.3 is 0 Å². The first-order valence-corrected chi connectivity index (χ1v) is 7.03. The van der Waals surface area contributed by atoms with Crippen molar-refractivity contribution in [2.45, 2.75) is 20.4 Å². The molecule has 2 aromatic rings. The fraction of sp³-hybridized carbons (Fsp3) is 0.250. The predicted molar refractivity (Wildman–Crippen MR) is 83.9 cm³/mol. The van der Waals surface area contributed by atoms with Gasteiger partial charge in [0.25, 0.3) is 0 Å². The summed E-state index contributed by atoms with van der Waals surface area (Å²) in [5.74, 6) is 0.857. The van der Waals surface area contributed by atoms with Crippen LogP contribution < -0.4 is 10.1 Å². The lowest BCUT2D eigenvalue weighted by atomic mass is 10.1. The largest absolute Gasteiger partial charge is 0.496 e. The number of aryl methyl sites for hydroxylation is 2. The Morgan fingerprint density at radius 3 is 2.53 bits per heavy atom. The fourth-order valence-electron chi connectivity index (χ4n) is 2.03. The van der Waals surface area contributed by atoms with Gasteiger partial charge in [-0.05, 0) is 59.1 Å². The Labute approximate surface area is 122 Å². The Balaban J connectivity index is 2.08. The Morgan fingerprint density at radius 1 is 1.11 bits per heavy atom. The zero-order valence-corrected chi connectivity index (χ0v) is 13.0. The first-order valence-electron chi connectivity index (χ1n) is 6.23. The number of anilines is 1. The van der Waals surface area contributed by atoms with Crippen LogP contribution in [0.1, 0.15) is 16.7 Å². The molecule has 0 spiro atoms. The van der Waals surface area contributed by atoms with E-state index >= 15 is 0 Å². The maximum Gasteiger partial charge on any atom is 0.133 e. The number of benzene rings is 2. The smallest absolute Gasteiger partial charge is 0.133 e. The lowest BCUT2D eigenvalue weighted by molar-refractivity contribution is 0.412. The summed E-state index contributed by atoms with van der Waals surface area (Å²) in [6.45, 7) is 5.03. The Hall–Kier alpha value is -1.48. The third-order valence-electron chi connectivity index (χ3n) is 3.08. The van der Waals surface area contributed by atoms with Crippen molar-refractivity contribution in [2.24, 2.45) is 0 Å². The van der Waals surface area contributed by atoms with Crippen LogP contribution in [0.3, 0.4) is 0 Å². The number of halogens is 1. The highest BCUT2D eigenvalue weighted by atomic mass is 79.9. The molecule has 0 saturated carbocycles. The molecule has 0 aliphatic heterocycles. The first-order chi connectivity index (χ1) is 9.10. The molecule has 100 valence electrons. The summed E-state index contributed by atoms with van der Waals surface area (Å²) in [5, 5.41) is 3.46. The predicted octanol–water partition coefficient (Wildman–Crippen LogP) is 4.69. The lowest BCUT2D eigenvalue weighted by Gasteiger charge is -2.11. The second kappa shape index (κ2) is 6.11. The second-order valence-corrected chi connectivity index (χ2v) is 5.50. The van der Waals surface area contributed by atoms with Crippen LogP contribution in [0.15, 0.2) is 40.9 Å². The number of ether oxygens (including phenoxy) is 1. The maximum atomic E-state index is 5.23. The molecule has 0 bridgehead atoms. The van der Waals surface area contributed by atoms with E-state index in [1.54, 1.807) is 7.11 Å². The maximum absolute atomic E-state index is 5.23. The highest BCUT2D eigenvalue weighted by Crippen LogP contribution is 2.26. The molecule has 0 fully saturated rings. The summed E-state index contributed by atoms with van der Waals surface area (Å²) in [5.41, 5.74) is 4.95. The van der Waals surface area contributed by atoms with Crippen molar-refractivity contribution in [2.75, 3.05) is 12.4 Å². The molecule has 0 aliphatic carbocycles. The first kappa shape index (κ1) is 13.9. The second-order valence-electron chi connectivity index (χ2n) is 4.64. The van der Waals surface area contributed by atoms with Gasteiger partial charge in [0.1, 0.15) is 5.75 Å². The van der Waals surface area contributed by atoms with E-state index in [2.05, 4.69) is 65.4 Å². The van der Waals surface area contributed by atoms with Crippen LogP contribution in [0.2, 0.25) is 0 Å². The molecular weight excluding hydrogens is 302 g/mol. The summed E-state index contributed by atoms with van der Waals surface area (Å²) in [6, 6.07) is 12.6. The molecular formula is C16H18BrNO. The molecule has 0 atom stereocenters. The van der Waals surface area contributed by atoms with E-state index in [0.717, 1.165) is 16.8 Å². The SMILES string of the molecule is COc1ccc(CNc2ccc(C)cc2C)cc1Br. The molecule has 0 saturated heterocycles. The van der Waals surface area contributed by atoms with Gasteiger partial charge in [0.2, 0.25) is 0 Å². The molecule has 2 nitrogen and oxygen atoms in total. The molecule has 2 aromatic carbocycles. The number of hydrogen-bond acceptors (Lipinski definition) is 2. The van der Waals surface area contributed by atoms with Gasteiger partial charge in [-0.15, -0.1) is 0 Å². The van der Waals surface area contributed by atoms with Gasteiger partial charge < -0.3 is 10.1 Å². The highest BCUT2D eigenvalue weighted by molar-refractivity contribution is 9.10. The van der Waals surface area contributed by atoms with E-state index in [4.69, 9.17) is 4.74 Å². The van der Waals surface area contributed by atoms with Crippen LogP contribution in [0.5, 0.6) is 5.75 Å². The van der Waals surface area contributed by atoms with E-state index in [-0.39, 0.29) is 0 Å². The normalized spacial score (nSPS) is 10.3. The quantitative estimate of drug-likeness (QED) is 0.883. The summed E-state index contributed by atoms with van der Waals surface area (Å²) in [6.07, 6.45) is 0. The molecule has 2 rings (SSSR count). The van der Waals surface area contributed by atoms with E-state index < -0.39 is 0 Å². The number of methoxy groups -OCH3 is 1. The van der Waals surface area contributed by atoms with Gasteiger partial charge in [0, 0.05) is 12.2 Å². The Kier molecular flexibility index (Phi) is 4.48. The van der Waals surface area contributed by atoms with Crippen LogP contribution in [-0.4, -0.2) is 7.11 Å². The monoisotopic (exact) mass is 319 g/mol. The molecule has 3 heteroatoms. The van der Waals surface area contributed by atoms with Crippen LogP contribution in [0, 0.1) is 13.8 Å². The number of nitrogens with one attached hydrogen (secondary N) is 1.